The summed E-state index contributed by atoms with van der Waals surface area (Å²) in [5.74, 6) is -1.06. The number of rotatable bonds is 9. The monoisotopic (exact) mass is 549 g/mol. The lowest BCUT2D eigenvalue weighted by atomic mass is 9.78. The van der Waals surface area contributed by atoms with Crippen molar-refractivity contribution in [1.29, 1.82) is 0 Å². The average molecular weight is 550 g/mol. The molecule has 0 unspecified atom stereocenters. The van der Waals surface area contributed by atoms with Crippen molar-refractivity contribution in [3.05, 3.63) is 101 Å². The molecule has 0 aromatic heterocycles. The zero-order valence-electron chi connectivity index (χ0n) is 21.7. The van der Waals surface area contributed by atoms with Gasteiger partial charge in [-0.3, -0.25) is 9.59 Å². The van der Waals surface area contributed by atoms with E-state index in [9.17, 15) is 34.4 Å². The third-order valence-corrected chi connectivity index (χ3v) is 7.85. The summed E-state index contributed by atoms with van der Waals surface area (Å²) in [5, 5.41) is 40.0. The molecule has 8 nitrogen and oxygen atoms in total. The van der Waals surface area contributed by atoms with Gasteiger partial charge in [-0.1, -0.05) is 42.5 Å². The quantitative estimate of drug-likeness (QED) is 0.239. The number of carbonyl (C=O) groups excluding carboxylic acids is 2. The summed E-state index contributed by atoms with van der Waals surface area (Å²) in [7, 11) is 0. The molecule has 0 radical (unpaired) electrons. The Morgan fingerprint density at radius 3 is 2.15 bits per heavy atom. The molecule has 1 amide bonds. The van der Waals surface area contributed by atoms with Gasteiger partial charge < -0.3 is 30.1 Å². The van der Waals surface area contributed by atoms with Gasteiger partial charge in [0.15, 0.2) is 5.78 Å². The first kappa shape index (κ1) is 28.1. The molecule has 4 N–H and O–H groups in total. The van der Waals surface area contributed by atoms with Gasteiger partial charge in [0, 0.05) is 24.1 Å². The molecule has 5 rings (SSSR count). The minimum atomic E-state index is -1.44. The number of aliphatic hydroxyl groups excluding tert-OH is 4. The molecule has 2 saturated heterocycles. The van der Waals surface area contributed by atoms with Crippen LogP contribution in [0, 0.1) is 11.7 Å². The van der Waals surface area contributed by atoms with Crippen LogP contribution in [0.2, 0.25) is 0 Å². The van der Waals surface area contributed by atoms with E-state index in [-0.39, 0.29) is 30.6 Å². The maximum atomic E-state index is 13.3. The molecule has 3 aromatic rings. The number of aliphatic hydroxyl groups is 4. The molecule has 2 aliphatic heterocycles. The Bertz CT molecular complexity index is 1320. The van der Waals surface area contributed by atoms with E-state index in [0.29, 0.717) is 12.0 Å². The average Bonchev–Trinajstić information content (AvgIpc) is 2.97. The summed E-state index contributed by atoms with van der Waals surface area (Å²) >= 11 is 0. The van der Waals surface area contributed by atoms with Crippen LogP contribution in [0.3, 0.4) is 0 Å². The zero-order valence-corrected chi connectivity index (χ0v) is 21.7. The second-order valence-corrected chi connectivity index (χ2v) is 10.4. The van der Waals surface area contributed by atoms with Crippen LogP contribution in [-0.2, 0) is 16.0 Å². The first-order valence-corrected chi connectivity index (χ1v) is 13.3. The van der Waals surface area contributed by atoms with Gasteiger partial charge in [-0.05, 0) is 53.9 Å². The molecule has 2 fully saturated rings. The summed E-state index contributed by atoms with van der Waals surface area (Å²) < 4.78 is 18.9. The number of benzene rings is 3. The van der Waals surface area contributed by atoms with E-state index in [0.717, 1.165) is 16.8 Å². The molecule has 2 aliphatic rings. The third-order valence-electron chi connectivity index (χ3n) is 7.85. The van der Waals surface area contributed by atoms with E-state index in [1.165, 1.54) is 24.3 Å². The number of ketones is 1. The SMILES string of the molecule is O=C(CC[C@H]1C(=O)N(c2ccccc2)[C@@H]1c1ccc(C[C@@H]2O[C@H](CO)[C@@H](O)[C@H](O)[C@@H]2O)cc1)c1ccc(F)cc1. The molecule has 2 heterocycles. The number of nitrogens with zero attached hydrogens (tertiary/aromatic N) is 1. The molecule has 0 bridgehead atoms. The van der Waals surface area contributed by atoms with Crippen molar-refractivity contribution in [2.24, 2.45) is 5.92 Å². The Morgan fingerprint density at radius 1 is 0.850 bits per heavy atom. The van der Waals surface area contributed by atoms with E-state index in [4.69, 9.17) is 4.74 Å². The van der Waals surface area contributed by atoms with Crippen LogP contribution in [0.1, 0.15) is 40.4 Å². The van der Waals surface area contributed by atoms with Gasteiger partial charge in [-0.25, -0.2) is 4.39 Å². The first-order chi connectivity index (χ1) is 19.3. The van der Waals surface area contributed by atoms with Crippen molar-refractivity contribution in [2.45, 2.75) is 55.8 Å². The van der Waals surface area contributed by atoms with Crippen molar-refractivity contribution >= 4 is 17.4 Å². The number of ether oxygens (including phenoxy) is 1. The summed E-state index contributed by atoms with van der Waals surface area (Å²) in [6.07, 6.45) is -5.23. The smallest absolute Gasteiger partial charge is 0.233 e. The number of hydrogen-bond acceptors (Lipinski definition) is 7. The fourth-order valence-corrected chi connectivity index (χ4v) is 5.58. The molecule has 0 saturated carbocycles. The van der Waals surface area contributed by atoms with E-state index >= 15 is 0 Å². The summed E-state index contributed by atoms with van der Waals surface area (Å²) in [6, 6.07) is 21.9. The number of Topliss-reactive ketones (excluding diaryl/α,β-unsaturated/α-hetero) is 1. The largest absolute Gasteiger partial charge is 0.394 e. The van der Waals surface area contributed by atoms with Crippen molar-refractivity contribution in [2.75, 3.05) is 11.5 Å². The lowest BCUT2D eigenvalue weighted by molar-refractivity contribution is -0.228. The van der Waals surface area contributed by atoms with Crippen LogP contribution in [0.25, 0.3) is 0 Å². The Kier molecular flexibility index (Phi) is 8.39. The van der Waals surface area contributed by atoms with Crippen LogP contribution in [0.4, 0.5) is 10.1 Å². The predicted molar refractivity (Wildman–Crippen MR) is 144 cm³/mol. The fraction of sp³-hybridized carbons (Fsp3) is 0.355. The standard InChI is InChI=1S/C31H32FNO7/c32-21-12-10-19(11-13-21)24(35)15-14-23-27(33(31(23)39)22-4-2-1-3-5-22)20-8-6-18(7-9-20)16-25-28(36)30(38)29(37)26(17-34)40-25/h1-13,23,25-30,34,36-38H,14-17H2/t23-,25+,26-,27-,28-,29-,30-/m1/s1. The molecule has 210 valence electrons. The molecule has 40 heavy (non-hydrogen) atoms. The van der Waals surface area contributed by atoms with Crippen molar-refractivity contribution in [3.8, 4) is 0 Å². The Hall–Kier alpha value is -3.47. The van der Waals surface area contributed by atoms with Crippen molar-refractivity contribution in [1.82, 2.24) is 0 Å². The number of hydrogen-bond donors (Lipinski definition) is 4. The maximum absolute atomic E-state index is 13.3. The van der Waals surface area contributed by atoms with E-state index in [2.05, 4.69) is 0 Å². The first-order valence-electron chi connectivity index (χ1n) is 13.3. The normalized spacial score (nSPS) is 28.3. The molecular formula is C31H32FNO7. The number of β-lactam (4-membered cyclic amide) rings is 1. The highest BCUT2D eigenvalue weighted by Crippen LogP contribution is 2.45. The van der Waals surface area contributed by atoms with Gasteiger partial charge in [0.25, 0.3) is 0 Å². The zero-order chi connectivity index (χ0) is 28.4. The predicted octanol–water partition coefficient (Wildman–Crippen LogP) is 2.58. The fourth-order valence-electron chi connectivity index (χ4n) is 5.58. The molecule has 9 heteroatoms. The molecule has 3 aromatic carbocycles. The van der Waals surface area contributed by atoms with Gasteiger partial charge in [-0.2, -0.15) is 0 Å². The van der Waals surface area contributed by atoms with E-state index < -0.39 is 48.9 Å². The van der Waals surface area contributed by atoms with Gasteiger partial charge >= 0.3 is 0 Å². The molecular weight excluding hydrogens is 517 g/mol. The minimum absolute atomic E-state index is 0.0755. The van der Waals surface area contributed by atoms with Crippen molar-refractivity contribution < 1.29 is 39.1 Å². The molecule has 0 spiro atoms. The minimum Gasteiger partial charge on any atom is -0.394 e. The van der Waals surface area contributed by atoms with E-state index in [1.807, 2.05) is 54.6 Å². The Labute approximate surface area is 231 Å². The summed E-state index contributed by atoms with van der Waals surface area (Å²) in [5.41, 5.74) is 2.83. The lowest BCUT2D eigenvalue weighted by Gasteiger charge is -2.47. The number of carbonyl (C=O) groups is 2. The highest BCUT2D eigenvalue weighted by molar-refractivity contribution is 6.04. The van der Waals surface area contributed by atoms with Crippen LogP contribution >= 0.6 is 0 Å². The second-order valence-electron chi connectivity index (χ2n) is 10.4. The number of para-hydroxylation sites is 1. The topological polar surface area (TPSA) is 128 Å². The number of amides is 1. The highest BCUT2D eigenvalue weighted by Gasteiger charge is 2.48. The third kappa shape index (κ3) is 5.56. The Balaban J connectivity index is 1.32. The van der Waals surface area contributed by atoms with Crippen molar-refractivity contribution in [3.63, 3.8) is 0 Å². The lowest BCUT2D eigenvalue weighted by Crippen LogP contribution is -2.59. The van der Waals surface area contributed by atoms with E-state index in [1.54, 1.807) is 4.90 Å². The summed E-state index contributed by atoms with van der Waals surface area (Å²) in [4.78, 5) is 27.7. The second kappa shape index (κ2) is 12.0. The van der Waals surface area contributed by atoms with Crippen LogP contribution < -0.4 is 4.90 Å². The summed E-state index contributed by atoms with van der Waals surface area (Å²) in [6.45, 7) is -0.490. The van der Waals surface area contributed by atoms with Gasteiger partial charge in [0.05, 0.1) is 24.7 Å². The van der Waals surface area contributed by atoms with Gasteiger partial charge in [0.2, 0.25) is 5.91 Å². The maximum Gasteiger partial charge on any atom is 0.233 e. The Morgan fingerprint density at radius 2 is 1.50 bits per heavy atom. The van der Waals surface area contributed by atoms with Crippen LogP contribution in [-0.4, -0.2) is 69.2 Å². The number of halogens is 1. The van der Waals surface area contributed by atoms with Gasteiger partial charge in [-0.15, -0.1) is 0 Å². The van der Waals surface area contributed by atoms with Crippen LogP contribution in [0.5, 0.6) is 0 Å². The molecule has 0 aliphatic carbocycles. The van der Waals surface area contributed by atoms with Crippen LogP contribution in [0.15, 0.2) is 78.9 Å². The highest BCUT2D eigenvalue weighted by atomic mass is 19.1. The van der Waals surface area contributed by atoms with Gasteiger partial charge in [0.1, 0.15) is 30.2 Å². The number of anilines is 1. The molecule has 7 atom stereocenters.